The molecule has 1 saturated carbocycles. The molecule has 0 saturated heterocycles. The van der Waals surface area contributed by atoms with E-state index in [4.69, 9.17) is 9.47 Å². The quantitative estimate of drug-likeness (QED) is 0.767. The monoisotopic (exact) mass is 238 g/mol. The molecule has 1 aliphatic rings. The highest BCUT2D eigenvalue weighted by molar-refractivity contribution is 7.80. The topological polar surface area (TPSA) is 18.5 Å². The lowest BCUT2D eigenvalue weighted by Gasteiger charge is -2.14. The molecule has 0 atom stereocenters. The van der Waals surface area contributed by atoms with Crippen LogP contribution in [0, 0.1) is 5.41 Å². The summed E-state index contributed by atoms with van der Waals surface area (Å²) in [6, 6.07) is 7.82. The third kappa shape index (κ3) is 2.85. The maximum Gasteiger partial charge on any atom is 0.123 e. The van der Waals surface area contributed by atoms with Crippen molar-refractivity contribution in [3.05, 3.63) is 24.3 Å². The smallest absolute Gasteiger partial charge is 0.123 e. The molecule has 0 N–H and O–H groups in total. The SMILES string of the molecule is CCOc1cccc(OCC2(CS)CC2)c1. The third-order valence-corrected chi connectivity index (χ3v) is 3.62. The second-order valence-electron chi connectivity index (χ2n) is 4.35. The van der Waals surface area contributed by atoms with Crippen molar-refractivity contribution < 1.29 is 9.47 Å². The molecule has 0 amide bonds. The third-order valence-electron chi connectivity index (χ3n) is 2.95. The Morgan fingerprint density at radius 1 is 1.25 bits per heavy atom. The molecule has 1 aliphatic carbocycles. The van der Waals surface area contributed by atoms with Crippen molar-refractivity contribution >= 4 is 12.6 Å². The van der Waals surface area contributed by atoms with E-state index in [1.807, 2.05) is 31.2 Å². The normalized spacial score (nSPS) is 16.9. The average molecular weight is 238 g/mol. The van der Waals surface area contributed by atoms with Crippen molar-refractivity contribution in [2.24, 2.45) is 5.41 Å². The summed E-state index contributed by atoms with van der Waals surface area (Å²) in [6.07, 6.45) is 2.48. The van der Waals surface area contributed by atoms with Crippen molar-refractivity contribution in [3.8, 4) is 11.5 Å². The molecule has 0 spiro atoms. The molecule has 16 heavy (non-hydrogen) atoms. The van der Waals surface area contributed by atoms with Gasteiger partial charge in [0.05, 0.1) is 13.2 Å². The number of benzene rings is 1. The molecule has 1 aromatic rings. The van der Waals surface area contributed by atoms with Crippen LogP contribution in [0.15, 0.2) is 24.3 Å². The number of ether oxygens (including phenoxy) is 2. The zero-order valence-electron chi connectivity index (χ0n) is 9.61. The van der Waals surface area contributed by atoms with Gasteiger partial charge >= 0.3 is 0 Å². The van der Waals surface area contributed by atoms with Crippen LogP contribution in [0.3, 0.4) is 0 Å². The van der Waals surface area contributed by atoms with Gasteiger partial charge in [-0.05, 0) is 37.7 Å². The van der Waals surface area contributed by atoms with Gasteiger partial charge in [0.2, 0.25) is 0 Å². The Kier molecular flexibility index (Phi) is 3.64. The maximum atomic E-state index is 5.78. The first-order valence-corrected chi connectivity index (χ1v) is 6.38. The standard InChI is InChI=1S/C13H18O2S/c1-2-14-11-4-3-5-12(8-11)15-9-13(10-16)6-7-13/h3-5,8,16H,2,6-7,9-10H2,1H3. The minimum absolute atomic E-state index is 0.338. The van der Waals surface area contributed by atoms with Gasteiger partial charge in [-0.3, -0.25) is 0 Å². The molecule has 3 heteroatoms. The van der Waals surface area contributed by atoms with E-state index in [1.54, 1.807) is 0 Å². The second kappa shape index (κ2) is 5.00. The first-order valence-electron chi connectivity index (χ1n) is 5.74. The van der Waals surface area contributed by atoms with Gasteiger partial charge in [-0.2, -0.15) is 12.6 Å². The minimum Gasteiger partial charge on any atom is -0.494 e. The van der Waals surface area contributed by atoms with Gasteiger partial charge in [-0.25, -0.2) is 0 Å². The fourth-order valence-corrected chi connectivity index (χ4v) is 1.99. The van der Waals surface area contributed by atoms with Crippen molar-refractivity contribution in [1.29, 1.82) is 0 Å². The lowest BCUT2D eigenvalue weighted by atomic mass is 10.2. The van der Waals surface area contributed by atoms with E-state index in [9.17, 15) is 0 Å². The molecule has 1 aromatic carbocycles. The van der Waals surface area contributed by atoms with E-state index < -0.39 is 0 Å². The summed E-state index contributed by atoms with van der Waals surface area (Å²) in [4.78, 5) is 0. The van der Waals surface area contributed by atoms with Crippen LogP contribution in [-0.4, -0.2) is 19.0 Å². The predicted molar refractivity (Wildman–Crippen MR) is 68.6 cm³/mol. The van der Waals surface area contributed by atoms with E-state index >= 15 is 0 Å². The lowest BCUT2D eigenvalue weighted by Crippen LogP contribution is -2.14. The van der Waals surface area contributed by atoms with E-state index in [0.717, 1.165) is 23.9 Å². The summed E-state index contributed by atoms with van der Waals surface area (Å²) in [7, 11) is 0. The van der Waals surface area contributed by atoms with Gasteiger partial charge in [0, 0.05) is 11.5 Å². The van der Waals surface area contributed by atoms with Gasteiger partial charge < -0.3 is 9.47 Å². The highest BCUT2D eigenvalue weighted by Crippen LogP contribution is 2.46. The Morgan fingerprint density at radius 2 is 1.94 bits per heavy atom. The molecule has 88 valence electrons. The second-order valence-corrected chi connectivity index (χ2v) is 4.67. The Labute approximate surface area is 102 Å². The Morgan fingerprint density at radius 3 is 2.50 bits per heavy atom. The predicted octanol–water partition coefficient (Wildman–Crippen LogP) is 3.17. The fourth-order valence-electron chi connectivity index (χ4n) is 1.58. The molecule has 0 bridgehead atoms. The summed E-state index contributed by atoms with van der Waals surface area (Å²) >= 11 is 4.36. The van der Waals surface area contributed by atoms with Crippen LogP contribution in [0.25, 0.3) is 0 Å². The minimum atomic E-state index is 0.338. The first-order chi connectivity index (χ1) is 7.78. The summed E-state index contributed by atoms with van der Waals surface area (Å²) in [5.41, 5.74) is 0.338. The molecule has 2 rings (SSSR count). The Bertz CT molecular complexity index is 348. The Hall–Kier alpha value is -0.830. The number of hydrogen-bond donors (Lipinski definition) is 1. The highest BCUT2D eigenvalue weighted by Gasteiger charge is 2.42. The van der Waals surface area contributed by atoms with Crippen LogP contribution < -0.4 is 9.47 Å². The molecular weight excluding hydrogens is 220 g/mol. The molecule has 0 unspecified atom stereocenters. The van der Waals surface area contributed by atoms with E-state index in [0.29, 0.717) is 12.0 Å². The van der Waals surface area contributed by atoms with Gasteiger partial charge in [-0.1, -0.05) is 6.07 Å². The fraction of sp³-hybridized carbons (Fsp3) is 0.538. The summed E-state index contributed by atoms with van der Waals surface area (Å²) < 4.78 is 11.2. The van der Waals surface area contributed by atoms with Gasteiger partial charge in [-0.15, -0.1) is 0 Å². The van der Waals surface area contributed by atoms with Crippen molar-refractivity contribution in [2.75, 3.05) is 19.0 Å². The molecule has 2 nitrogen and oxygen atoms in total. The van der Waals surface area contributed by atoms with Crippen LogP contribution in [0.2, 0.25) is 0 Å². The number of rotatable bonds is 6. The molecule has 0 aromatic heterocycles. The lowest BCUT2D eigenvalue weighted by molar-refractivity contribution is 0.248. The molecule has 0 heterocycles. The molecular formula is C13H18O2S. The summed E-state index contributed by atoms with van der Waals surface area (Å²) in [6.45, 7) is 3.43. The van der Waals surface area contributed by atoms with E-state index in [-0.39, 0.29) is 0 Å². The Balaban J connectivity index is 1.91. The average Bonchev–Trinajstić information content (AvgIpc) is 3.08. The molecule has 1 fully saturated rings. The zero-order chi connectivity index (χ0) is 11.4. The maximum absolute atomic E-state index is 5.78. The van der Waals surface area contributed by atoms with Crippen molar-refractivity contribution in [2.45, 2.75) is 19.8 Å². The first kappa shape index (κ1) is 11.6. The summed E-state index contributed by atoms with van der Waals surface area (Å²) in [5.74, 6) is 2.67. The highest BCUT2D eigenvalue weighted by atomic mass is 32.1. The van der Waals surface area contributed by atoms with Crippen LogP contribution in [0.5, 0.6) is 11.5 Å². The van der Waals surface area contributed by atoms with Gasteiger partial charge in [0.25, 0.3) is 0 Å². The zero-order valence-corrected chi connectivity index (χ0v) is 10.5. The van der Waals surface area contributed by atoms with Gasteiger partial charge in [0.15, 0.2) is 0 Å². The van der Waals surface area contributed by atoms with Crippen molar-refractivity contribution in [3.63, 3.8) is 0 Å². The molecule has 0 radical (unpaired) electrons. The number of hydrogen-bond acceptors (Lipinski definition) is 3. The number of thiol groups is 1. The van der Waals surface area contributed by atoms with Crippen LogP contribution in [0.4, 0.5) is 0 Å². The van der Waals surface area contributed by atoms with Crippen LogP contribution >= 0.6 is 12.6 Å². The summed E-state index contributed by atoms with van der Waals surface area (Å²) in [5, 5.41) is 0. The van der Waals surface area contributed by atoms with E-state index in [2.05, 4.69) is 12.6 Å². The largest absolute Gasteiger partial charge is 0.494 e. The van der Waals surface area contributed by atoms with Crippen LogP contribution in [0.1, 0.15) is 19.8 Å². The van der Waals surface area contributed by atoms with Crippen LogP contribution in [-0.2, 0) is 0 Å². The van der Waals surface area contributed by atoms with Gasteiger partial charge in [0.1, 0.15) is 11.5 Å². The molecule has 0 aliphatic heterocycles. The van der Waals surface area contributed by atoms with Crippen molar-refractivity contribution in [1.82, 2.24) is 0 Å². The van der Waals surface area contributed by atoms with E-state index in [1.165, 1.54) is 12.8 Å².